The molecule has 20 heavy (non-hydrogen) atoms. The lowest BCUT2D eigenvalue weighted by Gasteiger charge is -2.35. The van der Waals surface area contributed by atoms with Crippen molar-refractivity contribution in [3.8, 4) is 5.75 Å². The number of halogens is 2. The van der Waals surface area contributed by atoms with Crippen LogP contribution in [0, 0.1) is 11.8 Å². The van der Waals surface area contributed by atoms with Gasteiger partial charge < -0.3 is 9.64 Å². The van der Waals surface area contributed by atoms with Crippen LogP contribution < -0.4 is 4.74 Å². The van der Waals surface area contributed by atoms with Gasteiger partial charge in [0.1, 0.15) is 5.75 Å². The highest BCUT2D eigenvalue weighted by molar-refractivity contribution is 5.97. The predicted octanol–water partition coefficient (Wildman–Crippen LogP) is 3.41. The average Bonchev–Trinajstić information content (AvgIpc) is 2.36. The first-order valence-electron chi connectivity index (χ1n) is 6.80. The lowest BCUT2D eigenvalue weighted by molar-refractivity contribution is -0.0503. The van der Waals surface area contributed by atoms with Crippen molar-refractivity contribution < 1.29 is 18.3 Å². The number of carbonyl (C=O) groups excluding carboxylic acids is 1. The molecule has 1 saturated heterocycles. The van der Waals surface area contributed by atoms with E-state index in [1.54, 1.807) is 17.0 Å². The maximum absolute atomic E-state index is 12.5. The minimum absolute atomic E-state index is 0.0571. The lowest BCUT2D eigenvalue weighted by Crippen LogP contribution is -2.42. The van der Waals surface area contributed by atoms with E-state index in [0.29, 0.717) is 24.9 Å². The molecule has 2 atom stereocenters. The number of carbonyl (C=O) groups is 1. The molecule has 1 heterocycles. The van der Waals surface area contributed by atoms with Gasteiger partial charge in [0.15, 0.2) is 0 Å². The Bertz CT molecular complexity index is 469. The number of piperidine rings is 1. The van der Waals surface area contributed by atoms with E-state index in [1.165, 1.54) is 12.1 Å². The van der Waals surface area contributed by atoms with Crippen LogP contribution in [-0.2, 0) is 0 Å². The Labute approximate surface area is 117 Å². The van der Waals surface area contributed by atoms with Gasteiger partial charge in [0.2, 0.25) is 0 Å². The molecule has 110 valence electrons. The van der Waals surface area contributed by atoms with Crippen LogP contribution in [0.3, 0.4) is 0 Å². The summed E-state index contributed by atoms with van der Waals surface area (Å²) in [5.41, 5.74) is 0.203. The zero-order chi connectivity index (χ0) is 14.7. The molecule has 2 rings (SSSR count). The Morgan fingerprint density at radius 3 is 2.45 bits per heavy atom. The van der Waals surface area contributed by atoms with Gasteiger partial charge in [0.05, 0.1) is 5.56 Å². The number of amides is 1. The van der Waals surface area contributed by atoms with E-state index in [4.69, 9.17) is 0 Å². The molecule has 1 fully saturated rings. The van der Waals surface area contributed by atoms with Crippen molar-refractivity contribution in [2.75, 3.05) is 13.1 Å². The molecular formula is C15H19F2NO2. The van der Waals surface area contributed by atoms with Gasteiger partial charge in [-0.05, 0) is 30.4 Å². The molecule has 0 aromatic heterocycles. The van der Waals surface area contributed by atoms with Crippen LogP contribution in [-0.4, -0.2) is 30.5 Å². The quantitative estimate of drug-likeness (QED) is 0.851. The summed E-state index contributed by atoms with van der Waals surface area (Å²) in [7, 11) is 0. The Hall–Kier alpha value is -1.65. The van der Waals surface area contributed by atoms with E-state index in [1.807, 2.05) is 0 Å². The molecule has 3 nitrogen and oxygen atoms in total. The van der Waals surface area contributed by atoms with Gasteiger partial charge >= 0.3 is 6.61 Å². The van der Waals surface area contributed by atoms with E-state index in [-0.39, 0.29) is 17.2 Å². The summed E-state index contributed by atoms with van der Waals surface area (Å²) in [6, 6.07) is 6.17. The van der Waals surface area contributed by atoms with E-state index >= 15 is 0 Å². The van der Waals surface area contributed by atoms with Crippen molar-refractivity contribution in [1.82, 2.24) is 4.90 Å². The molecule has 1 aliphatic rings. The second-order valence-corrected chi connectivity index (χ2v) is 5.53. The fourth-order valence-corrected chi connectivity index (χ4v) is 2.84. The van der Waals surface area contributed by atoms with Gasteiger partial charge in [0, 0.05) is 13.1 Å². The fourth-order valence-electron chi connectivity index (χ4n) is 2.84. The van der Waals surface area contributed by atoms with Gasteiger partial charge in [-0.15, -0.1) is 0 Å². The summed E-state index contributed by atoms with van der Waals surface area (Å²) in [6.45, 7) is 2.58. The first-order chi connectivity index (χ1) is 9.47. The number of alkyl halides is 2. The maximum atomic E-state index is 12.5. The number of ether oxygens (including phenoxy) is 1. The number of likely N-dealkylation sites (tertiary alicyclic amines) is 1. The molecule has 0 spiro atoms. The Balaban J connectivity index is 2.20. The topological polar surface area (TPSA) is 29.5 Å². The smallest absolute Gasteiger partial charge is 0.387 e. The molecule has 0 bridgehead atoms. The van der Waals surface area contributed by atoms with E-state index in [0.717, 1.165) is 6.42 Å². The summed E-state index contributed by atoms with van der Waals surface area (Å²) < 4.78 is 29.2. The van der Waals surface area contributed by atoms with E-state index in [9.17, 15) is 13.6 Å². The van der Waals surface area contributed by atoms with Crippen LogP contribution in [0.4, 0.5) is 8.78 Å². The summed E-state index contributed by atoms with van der Waals surface area (Å²) in [5.74, 6) is 0.551. The van der Waals surface area contributed by atoms with Gasteiger partial charge in [-0.2, -0.15) is 8.78 Å². The highest BCUT2D eigenvalue weighted by Crippen LogP contribution is 2.26. The van der Waals surface area contributed by atoms with Crippen LogP contribution in [0.5, 0.6) is 5.75 Å². The SMILES string of the molecule is CC1CC(C)CN(C(=O)c2ccccc2OC(F)F)C1. The van der Waals surface area contributed by atoms with Crippen molar-refractivity contribution in [1.29, 1.82) is 0 Å². The van der Waals surface area contributed by atoms with Crippen molar-refractivity contribution in [2.24, 2.45) is 11.8 Å². The Morgan fingerprint density at radius 2 is 1.85 bits per heavy atom. The van der Waals surface area contributed by atoms with Crippen LogP contribution in [0.2, 0.25) is 0 Å². The van der Waals surface area contributed by atoms with Gasteiger partial charge in [0.25, 0.3) is 5.91 Å². The summed E-state index contributed by atoms with van der Waals surface area (Å²) in [4.78, 5) is 14.2. The maximum Gasteiger partial charge on any atom is 0.387 e. The number of hydrogen-bond donors (Lipinski definition) is 0. The number of rotatable bonds is 3. The minimum Gasteiger partial charge on any atom is -0.434 e. The van der Waals surface area contributed by atoms with Crippen LogP contribution in [0.1, 0.15) is 30.6 Å². The molecule has 1 aromatic rings. The van der Waals surface area contributed by atoms with Gasteiger partial charge in [-0.3, -0.25) is 4.79 Å². The summed E-state index contributed by atoms with van der Waals surface area (Å²) >= 11 is 0. The Kier molecular flexibility index (Phi) is 4.57. The van der Waals surface area contributed by atoms with Crippen molar-refractivity contribution in [3.05, 3.63) is 29.8 Å². The monoisotopic (exact) mass is 283 g/mol. The van der Waals surface area contributed by atoms with Crippen molar-refractivity contribution in [3.63, 3.8) is 0 Å². The largest absolute Gasteiger partial charge is 0.434 e. The molecule has 0 saturated carbocycles. The molecule has 1 amide bonds. The first kappa shape index (κ1) is 14.8. The molecule has 1 aliphatic heterocycles. The number of nitrogens with zero attached hydrogens (tertiary/aromatic N) is 1. The lowest BCUT2D eigenvalue weighted by atomic mass is 9.91. The molecule has 0 radical (unpaired) electrons. The normalized spacial score (nSPS) is 22.9. The second-order valence-electron chi connectivity index (χ2n) is 5.53. The third kappa shape index (κ3) is 3.46. The second kappa shape index (κ2) is 6.20. The zero-order valence-electron chi connectivity index (χ0n) is 11.7. The molecule has 2 unspecified atom stereocenters. The molecule has 5 heteroatoms. The fraction of sp³-hybridized carbons (Fsp3) is 0.533. The molecule has 0 aliphatic carbocycles. The van der Waals surface area contributed by atoms with Gasteiger partial charge in [-0.25, -0.2) is 0 Å². The van der Waals surface area contributed by atoms with Crippen LogP contribution in [0.25, 0.3) is 0 Å². The molecular weight excluding hydrogens is 264 g/mol. The standard InChI is InChI=1S/C15H19F2NO2/c1-10-7-11(2)9-18(8-10)14(19)12-5-3-4-6-13(12)20-15(16)17/h3-6,10-11,15H,7-9H2,1-2H3. The third-order valence-electron chi connectivity index (χ3n) is 3.49. The summed E-state index contributed by atoms with van der Waals surface area (Å²) in [5, 5.41) is 0. The van der Waals surface area contributed by atoms with Crippen molar-refractivity contribution >= 4 is 5.91 Å². The predicted molar refractivity (Wildman–Crippen MR) is 71.9 cm³/mol. The number of para-hydroxylation sites is 1. The zero-order valence-corrected chi connectivity index (χ0v) is 11.7. The number of benzene rings is 1. The van der Waals surface area contributed by atoms with E-state index in [2.05, 4.69) is 18.6 Å². The van der Waals surface area contributed by atoms with E-state index < -0.39 is 6.61 Å². The number of hydrogen-bond acceptors (Lipinski definition) is 2. The van der Waals surface area contributed by atoms with Crippen LogP contribution in [0.15, 0.2) is 24.3 Å². The minimum atomic E-state index is -2.93. The average molecular weight is 283 g/mol. The molecule has 0 N–H and O–H groups in total. The summed E-state index contributed by atoms with van der Waals surface area (Å²) in [6.07, 6.45) is 1.08. The highest BCUT2D eigenvalue weighted by atomic mass is 19.3. The first-order valence-corrected chi connectivity index (χ1v) is 6.80. The van der Waals surface area contributed by atoms with Crippen molar-refractivity contribution in [2.45, 2.75) is 26.9 Å². The highest BCUT2D eigenvalue weighted by Gasteiger charge is 2.28. The Morgan fingerprint density at radius 1 is 1.25 bits per heavy atom. The molecule has 1 aromatic carbocycles. The van der Waals surface area contributed by atoms with Gasteiger partial charge in [-0.1, -0.05) is 26.0 Å². The van der Waals surface area contributed by atoms with Crippen LogP contribution >= 0.6 is 0 Å². The third-order valence-corrected chi connectivity index (χ3v) is 3.49.